The maximum Gasteiger partial charge on any atom is 0.238 e. The number of halogens is 2. The predicted molar refractivity (Wildman–Crippen MR) is 112 cm³/mol. The summed E-state index contributed by atoms with van der Waals surface area (Å²) in [5.41, 5.74) is 0.691. The Labute approximate surface area is 176 Å². The van der Waals surface area contributed by atoms with Gasteiger partial charge in [0, 0.05) is 17.7 Å². The smallest absolute Gasteiger partial charge is 0.238 e. The number of rotatable bonds is 7. The van der Waals surface area contributed by atoms with E-state index in [4.69, 9.17) is 4.52 Å². The highest BCUT2D eigenvalue weighted by Crippen LogP contribution is 2.31. The molecule has 0 aliphatic heterocycles. The van der Waals surface area contributed by atoms with Crippen molar-refractivity contribution in [1.29, 1.82) is 0 Å². The number of aryl methyl sites for hydroxylation is 1. The van der Waals surface area contributed by atoms with Crippen molar-refractivity contribution in [2.45, 2.75) is 19.1 Å². The summed E-state index contributed by atoms with van der Waals surface area (Å²) in [6, 6.07) is 12.1. The second-order valence-corrected chi connectivity index (χ2v) is 7.82. The van der Waals surface area contributed by atoms with Gasteiger partial charge in [-0.1, -0.05) is 35.5 Å². The largest absolute Gasteiger partial charge is 0.360 e. The lowest BCUT2D eigenvalue weighted by atomic mass is 10.0. The van der Waals surface area contributed by atoms with Crippen molar-refractivity contribution >= 4 is 35.1 Å². The van der Waals surface area contributed by atoms with E-state index >= 15 is 0 Å². The molecule has 1 unspecified atom stereocenters. The Kier molecular flexibility index (Phi) is 6.83. The third kappa shape index (κ3) is 5.44. The first-order valence-corrected chi connectivity index (χ1v) is 10.1. The van der Waals surface area contributed by atoms with Crippen molar-refractivity contribution in [2.24, 2.45) is 0 Å². The molecule has 1 aromatic heterocycles. The minimum absolute atomic E-state index is 0.0997. The summed E-state index contributed by atoms with van der Waals surface area (Å²) >= 11 is 1.07. The summed E-state index contributed by atoms with van der Waals surface area (Å²) < 4.78 is 33.0. The Morgan fingerprint density at radius 1 is 1.13 bits per heavy atom. The second-order valence-electron chi connectivity index (χ2n) is 6.49. The van der Waals surface area contributed by atoms with Gasteiger partial charge in [0.2, 0.25) is 11.8 Å². The van der Waals surface area contributed by atoms with Crippen LogP contribution in [0.2, 0.25) is 0 Å². The molecule has 0 saturated heterocycles. The topological polar surface area (TPSA) is 84.2 Å². The van der Waals surface area contributed by atoms with E-state index in [1.807, 2.05) is 0 Å². The maximum absolute atomic E-state index is 14.4. The zero-order valence-corrected chi connectivity index (χ0v) is 17.1. The van der Waals surface area contributed by atoms with Crippen LogP contribution in [0.4, 0.5) is 20.3 Å². The first kappa shape index (κ1) is 21.5. The number of amides is 2. The van der Waals surface area contributed by atoms with Gasteiger partial charge in [-0.15, -0.1) is 11.8 Å². The second kappa shape index (κ2) is 9.53. The summed E-state index contributed by atoms with van der Waals surface area (Å²) in [5, 5.41) is 8.18. The minimum Gasteiger partial charge on any atom is -0.360 e. The number of hydrogen-bond acceptors (Lipinski definition) is 5. The third-order valence-corrected chi connectivity index (χ3v) is 5.26. The normalized spacial score (nSPS) is 11.7. The summed E-state index contributed by atoms with van der Waals surface area (Å²) in [5.74, 6) is -1.74. The van der Waals surface area contributed by atoms with Crippen molar-refractivity contribution in [2.75, 3.05) is 16.4 Å². The van der Waals surface area contributed by atoms with Gasteiger partial charge in [-0.05, 0) is 25.5 Å². The standard InChI is InChI=1S/C21H19F2N3O3S/c1-12-8-18(26-29-12)24-21(28)13(2)30-11-19(27)25-20-16(9-15(22)10-17(20)23)14-6-4-3-5-7-14/h3-10,13H,11H2,1-2H3,(H,25,27)(H,24,26,28). The van der Waals surface area contributed by atoms with E-state index in [1.165, 1.54) is 0 Å². The van der Waals surface area contributed by atoms with Crippen LogP contribution in [0, 0.1) is 18.6 Å². The molecule has 156 valence electrons. The summed E-state index contributed by atoms with van der Waals surface area (Å²) in [4.78, 5) is 24.5. The van der Waals surface area contributed by atoms with Crippen molar-refractivity contribution in [3.8, 4) is 11.1 Å². The van der Waals surface area contributed by atoms with E-state index in [2.05, 4.69) is 15.8 Å². The van der Waals surface area contributed by atoms with Gasteiger partial charge in [-0.25, -0.2) is 8.78 Å². The monoisotopic (exact) mass is 431 g/mol. The highest BCUT2D eigenvalue weighted by molar-refractivity contribution is 8.01. The highest BCUT2D eigenvalue weighted by atomic mass is 32.2. The van der Waals surface area contributed by atoms with E-state index in [0.29, 0.717) is 17.4 Å². The van der Waals surface area contributed by atoms with Crippen LogP contribution in [0.15, 0.2) is 53.1 Å². The van der Waals surface area contributed by atoms with Crippen molar-refractivity contribution in [3.05, 3.63) is 65.9 Å². The van der Waals surface area contributed by atoms with Crippen LogP contribution >= 0.6 is 11.8 Å². The molecule has 1 atom stereocenters. The lowest BCUT2D eigenvalue weighted by Crippen LogP contribution is -2.25. The number of nitrogens with zero attached hydrogens (tertiary/aromatic N) is 1. The van der Waals surface area contributed by atoms with E-state index in [9.17, 15) is 18.4 Å². The van der Waals surface area contributed by atoms with Crippen LogP contribution in [0.3, 0.4) is 0 Å². The summed E-state index contributed by atoms with van der Waals surface area (Å²) in [7, 11) is 0. The Bertz CT molecular complexity index is 1060. The zero-order valence-electron chi connectivity index (χ0n) is 16.2. The summed E-state index contributed by atoms with van der Waals surface area (Å²) in [6.45, 7) is 3.33. The number of thioether (sulfide) groups is 1. The van der Waals surface area contributed by atoms with Crippen LogP contribution in [-0.2, 0) is 9.59 Å². The van der Waals surface area contributed by atoms with Gasteiger partial charge in [-0.3, -0.25) is 9.59 Å². The molecule has 0 radical (unpaired) electrons. The SMILES string of the molecule is Cc1cc(NC(=O)C(C)SCC(=O)Nc2c(F)cc(F)cc2-c2ccccc2)no1. The number of hydrogen-bond donors (Lipinski definition) is 2. The molecular weight excluding hydrogens is 412 g/mol. The van der Waals surface area contributed by atoms with Gasteiger partial charge in [0.15, 0.2) is 5.82 Å². The number of aromatic nitrogens is 1. The minimum atomic E-state index is -0.876. The van der Waals surface area contributed by atoms with Gasteiger partial charge >= 0.3 is 0 Å². The van der Waals surface area contributed by atoms with Gasteiger partial charge in [0.05, 0.1) is 16.7 Å². The average molecular weight is 431 g/mol. The van der Waals surface area contributed by atoms with E-state index < -0.39 is 22.8 Å². The molecule has 0 fully saturated rings. The van der Waals surface area contributed by atoms with Crippen LogP contribution in [0.25, 0.3) is 11.1 Å². The molecule has 2 aromatic carbocycles. The molecule has 30 heavy (non-hydrogen) atoms. The Morgan fingerprint density at radius 2 is 1.87 bits per heavy atom. The molecule has 0 bridgehead atoms. The van der Waals surface area contributed by atoms with Crippen LogP contribution in [0.1, 0.15) is 12.7 Å². The van der Waals surface area contributed by atoms with E-state index in [0.717, 1.165) is 17.8 Å². The first-order valence-electron chi connectivity index (χ1n) is 9.03. The number of benzene rings is 2. The molecule has 3 rings (SSSR count). The number of carbonyl (C=O) groups excluding carboxylic acids is 2. The highest BCUT2D eigenvalue weighted by Gasteiger charge is 2.19. The maximum atomic E-state index is 14.4. The average Bonchev–Trinajstić information content (AvgIpc) is 3.13. The Morgan fingerprint density at radius 3 is 2.53 bits per heavy atom. The van der Waals surface area contributed by atoms with Crippen LogP contribution < -0.4 is 10.6 Å². The molecule has 2 N–H and O–H groups in total. The quantitative estimate of drug-likeness (QED) is 0.570. The fourth-order valence-electron chi connectivity index (χ4n) is 2.65. The molecule has 1 heterocycles. The summed E-state index contributed by atoms with van der Waals surface area (Å²) in [6.07, 6.45) is 0. The van der Waals surface area contributed by atoms with Crippen LogP contribution in [0.5, 0.6) is 0 Å². The number of anilines is 2. The molecule has 2 amide bonds. The molecule has 0 aliphatic carbocycles. The third-order valence-electron chi connectivity index (χ3n) is 4.12. The fraction of sp³-hybridized carbons (Fsp3) is 0.190. The first-order chi connectivity index (χ1) is 14.3. The fourth-order valence-corrected chi connectivity index (χ4v) is 3.33. The zero-order chi connectivity index (χ0) is 21.7. The predicted octanol–water partition coefficient (Wildman–Crippen LogP) is 4.63. The molecular formula is C21H19F2N3O3S. The van der Waals surface area contributed by atoms with E-state index in [-0.39, 0.29) is 28.7 Å². The van der Waals surface area contributed by atoms with Crippen LogP contribution in [-0.4, -0.2) is 28.0 Å². The van der Waals surface area contributed by atoms with E-state index in [1.54, 1.807) is 50.2 Å². The molecule has 6 nitrogen and oxygen atoms in total. The molecule has 0 spiro atoms. The molecule has 9 heteroatoms. The van der Waals surface area contributed by atoms with Gasteiger partial charge in [0.25, 0.3) is 0 Å². The Balaban J connectivity index is 1.64. The van der Waals surface area contributed by atoms with Crippen molar-refractivity contribution in [1.82, 2.24) is 5.16 Å². The lowest BCUT2D eigenvalue weighted by molar-refractivity contribution is -0.115. The van der Waals surface area contributed by atoms with Crippen molar-refractivity contribution < 1.29 is 22.9 Å². The van der Waals surface area contributed by atoms with Gasteiger partial charge in [0.1, 0.15) is 17.4 Å². The Hall–Kier alpha value is -3.20. The molecule has 0 saturated carbocycles. The number of carbonyl (C=O) groups is 2. The van der Waals surface area contributed by atoms with Gasteiger partial charge < -0.3 is 15.2 Å². The molecule has 0 aliphatic rings. The lowest BCUT2D eigenvalue weighted by Gasteiger charge is -2.14. The van der Waals surface area contributed by atoms with Crippen molar-refractivity contribution in [3.63, 3.8) is 0 Å². The number of nitrogens with one attached hydrogen (secondary N) is 2. The van der Waals surface area contributed by atoms with Gasteiger partial charge in [-0.2, -0.15) is 0 Å². The molecule has 3 aromatic rings.